The molecule has 4 rings (SSSR count). The molecule has 1 saturated carbocycles. The van der Waals surface area contributed by atoms with Gasteiger partial charge in [-0.05, 0) is 49.7 Å². The van der Waals surface area contributed by atoms with Crippen molar-refractivity contribution in [2.45, 2.75) is 57.5 Å². The van der Waals surface area contributed by atoms with Gasteiger partial charge in [0.05, 0.1) is 18.9 Å². The Bertz CT molecular complexity index is 558. The maximum absolute atomic E-state index is 5.75. The summed E-state index contributed by atoms with van der Waals surface area (Å²) in [5.41, 5.74) is 0.563. The molecule has 1 N–H and O–H groups in total. The molecule has 1 unspecified atom stereocenters. The number of likely N-dealkylation sites (tertiary alicyclic amines) is 1. The molecule has 0 bridgehead atoms. The Morgan fingerprint density at radius 2 is 2.20 bits per heavy atom. The number of aliphatic imine (C=N–C) groups is 1. The molecule has 5 heteroatoms. The molecule has 25 heavy (non-hydrogen) atoms. The number of hydrogen-bond donors (Lipinski definition) is 1. The van der Waals surface area contributed by atoms with Crippen molar-refractivity contribution in [2.24, 2.45) is 10.4 Å². The summed E-state index contributed by atoms with van der Waals surface area (Å²) in [6.07, 6.45) is 12.2. The van der Waals surface area contributed by atoms with Gasteiger partial charge in [-0.1, -0.05) is 12.8 Å². The number of hydrogen-bond acceptors (Lipinski definition) is 3. The van der Waals surface area contributed by atoms with Crippen LogP contribution in [0.5, 0.6) is 0 Å². The predicted molar refractivity (Wildman–Crippen MR) is 98.8 cm³/mol. The van der Waals surface area contributed by atoms with Gasteiger partial charge < -0.3 is 19.4 Å². The Hall–Kier alpha value is -1.49. The summed E-state index contributed by atoms with van der Waals surface area (Å²) in [5.74, 6) is 2.10. The van der Waals surface area contributed by atoms with Gasteiger partial charge in [-0.2, -0.15) is 0 Å². The van der Waals surface area contributed by atoms with Gasteiger partial charge in [-0.25, -0.2) is 0 Å². The minimum absolute atomic E-state index is 0.310. The van der Waals surface area contributed by atoms with Crippen LogP contribution in [0.25, 0.3) is 0 Å². The Balaban J connectivity index is 1.36. The molecule has 5 nitrogen and oxygen atoms in total. The lowest BCUT2D eigenvalue weighted by Gasteiger charge is -2.26. The van der Waals surface area contributed by atoms with Crippen LogP contribution in [-0.2, 0) is 11.2 Å². The van der Waals surface area contributed by atoms with Crippen molar-refractivity contribution in [3.05, 3.63) is 24.2 Å². The molecule has 0 radical (unpaired) electrons. The Morgan fingerprint density at radius 1 is 1.28 bits per heavy atom. The third-order valence-corrected chi connectivity index (χ3v) is 6.11. The van der Waals surface area contributed by atoms with Crippen molar-refractivity contribution in [2.75, 3.05) is 32.8 Å². The van der Waals surface area contributed by atoms with E-state index in [2.05, 4.69) is 10.2 Å². The van der Waals surface area contributed by atoms with Crippen LogP contribution in [0.2, 0.25) is 0 Å². The molecule has 1 aromatic heterocycles. The molecule has 0 aromatic carbocycles. The second-order valence-electron chi connectivity index (χ2n) is 7.93. The molecular formula is C20H31N3O2. The van der Waals surface area contributed by atoms with E-state index in [9.17, 15) is 0 Å². The average Bonchev–Trinajstić information content (AvgIpc) is 3.41. The monoisotopic (exact) mass is 345 g/mol. The lowest BCUT2D eigenvalue weighted by molar-refractivity contribution is 0.117. The van der Waals surface area contributed by atoms with Gasteiger partial charge in [0.1, 0.15) is 5.76 Å². The van der Waals surface area contributed by atoms with E-state index in [1.807, 2.05) is 12.1 Å². The molecule has 2 aliphatic heterocycles. The lowest BCUT2D eigenvalue weighted by Crippen LogP contribution is -2.42. The Kier molecular flexibility index (Phi) is 5.30. The molecule has 1 aromatic rings. The zero-order chi connectivity index (χ0) is 17.0. The highest BCUT2D eigenvalue weighted by Crippen LogP contribution is 2.45. The number of guanidine groups is 1. The fourth-order valence-corrected chi connectivity index (χ4v) is 4.65. The van der Waals surface area contributed by atoms with Crippen LogP contribution in [0.15, 0.2) is 27.8 Å². The largest absolute Gasteiger partial charge is 0.469 e. The third-order valence-electron chi connectivity index (χ3n) is 6.11. The molecule has 3 aliphatic rings. The smallest absolute Gasteiger partial charge is 0.194 e. The van der Waals surface area contributed by atoms with Crippen molar-refractivity contribution in [3.63, 3.8) is 0 Å². The first-order valence-corrected chi connectivity index (χ1v) is 10.0. The van der Waals surface area contributed by atoms with E-state index in [0.717, 1.165) is 50.8 Å². The van der Waals surface area contributed by atoms with Crippen LogP contribution >= 0.6 is 0 Å². The lowest BCUT2D eigenvalue weighted by atomic mass is 9.86. The minimum Gasteiger partial charge on any atom is -0.469 e. The summed E-state index contributed by atoms with van der Waals surface area (Å²) in [4.78, 5) is 7.43. The highest BCUT2D eigenvalue weighted by molar-refractivity contribution is 5.80. The van der Waals surface area contributed by atoms with Gasteiger partial charge in [0.15, 0.2) is 5.96 Å². The van der Waals surface area contributed by atoms with Gasteiger partial charge in [0.25, 0.3) is 0 Å². The van der Waals surface area contributed by atoms with Crippen LogP contribution in [0.3, 0.4) is 0 Å². The summed E-state index contributed by atoms with van der Waals surface area (Å²) < 4.78 is 11.2. The van der Waals surface area contributed by atoms with Gasteiger partial charge in [-0.15, -0.1) is 0 Å². The first kappa shape index (κ1) is 17.0. The molecule has 1 aliphatic carbocycles. The second kappa shape index (κ2) is 7.81. The van der Waals surface area contributed by atoms with Gasteiger partial charge in [0.2, 0.25) is 0 Å². The number of furan rings is 1. The van der Waals surface area contributed by atoms with Gasteiger partial charge in [0, 0.05) is 32.7 Å². The number of nitrogens with zero attached hydrogens (tertiary/aromatic N) is 2. The Labute approximate surface area is 150 Å². The number of rotatable bonds is 5. The molecule has 1 spiro atoms. The standard InChI is InChI=1S/C20H31N3O2/c1-2-9-20(8-1)10-12-23(16-20)19(22-15-18-6-4-14-25-18)21-11-7-17-5-3-13-24-17/h3,5,13,18H,1-2,4,6-12,14-16H2,(H,21,22). The summed E-state index contributed by atoms with van der Waals surface area (Å²) in [5, 5.41) is 3.59. The molecule has 3 heterocycles. The summed E-state index contributed by atoms with van der Waals surface area (Å²) in [7, 11) is 0. The molecule has 1 atom stereocenters. The van der Waals surface area contributed by atoms with E-state index < -0.39 is 0 Å². The quantitative estimate of drug-likeness (QED) is 0.658. The zero-order valence-corrected chi connectivity index (χ0v) is 15.2. The van der Waals surface area contributed by atoms with Crippen LogP contribution < -0.4 is 5.32 Å². The Morgan fingerprint density at radius 3 is 2.96 bits per heavy atom. The molecule has 138 valence electrons. The normalized spacial score (nSPS) is 26.0. The van der Waals surface area contributed by atoms with Crippen molar-refractivity contribution >= 4 is 5.96 Å². The SMILES string of the molecule is c1coc(CCNC(=NCC2CCCO2)N2CCC3(CCCC3)C2)c1. The maximum Gasteiger partial charge on any atom is 0.194 e. The van der Waals surface area contributed by atoms with Crippen molar-refractivity contribution in [1.29, 1.82) is 0 Å². The predicted octanol–water partition coefficient (Wildman–Crippen LogP) is 3.21. The molecule has 3 fully saturated rings. The van der Waals surface area contributed by atoms with Crippen LogP contribution in [0.1, 0.15) is 50.7 Å². The van der Waals surface area contributed by atoms with Gasteiger partial charge in [-0.3, -0.25) is 4.99 Å². The first-order valence-electron chi connectivity index (χ1n) is 10.0. The highest BCUT2D eigenvalue weighted by Gasteiger charge is 2.41. The summed E-state index contributed by atoms with van der Waals surface area (Å²) in [6.45, 7) is 4.85. The van der Waals surface area contributed by atoms with E-state index in [0.29, 0.717) is 11.5 Å². The van der Waals surface area contributed by atoms with Crippen LogP contribution in [-0.4, -0.2) is 49.7 Å². The van der Waals surface area contributed by atoms with Crippen LogP contribution in [0, 0.1) is 5.41 Å². The highest BCUT2D eigenvalue weighted by atomic mass is 16.5. The summed E-state index contributed by atoms with van der Waals surface area (Å²) in [6, 6.07) is 3.99. The zero-order valence-electron chi connectivity index (χ0n) is 15.2. The van der Waals surface area contributed by atoms with E-state index in [-0.39, 0.29) is 0 Å². The number of nitrogens with one attached hydrogen (secondary N) is 1. The topological polar surface area (TPSA) is 50.0 Å². The van der Waals surface area contributed by atoms with Crippen LogP contribution in [0.4, 0.5) is 0 Å². The second-order valence-corrected chi connectivity index (χ2v) is 7.93. The van der Waals surface area contributed by atoms with Crippen molar-refractivity contribution in [3.8, 4) is 0 Å². The van der Waals surface area contributed by atoms with Crippen molar-refractivity contribution < 1.29 is 9.15 Å². The molecular weight excluding hydrogens is 314 g/mol. The fourth-order valence-electron chi connectivity index (χ4n) is 4.65. The molecule has 2 saturated heterocycles. The van der Waals surface area contributed by atoms with Crippen molar-refractivity contribution in [1.82, 2.24) is 10.2 Å². The van der Waals surface area contributed by atoms with E-state index in [4.69, 9.17) is 14.1 Å². The van der Waals surface area contributed by atoms with E-state index in [1.54, 1.807) is 6.26 Å². The maximum atomic E-state index is 5.75. The van der Waals surface area contributed by atoms with Gasteiger partial charge >= 0.3 is 0 Å². The van der Waals surface area contributed by atoms with E-state index >= 15 is 0 Å². The van der Waals surface area contributed by atoms with E-state index in [1.165, 1.54) is 45.1 Å². The fraction of sp³-hybridized carbons (Fsp3) is 0.750. The molecule has 0 amide bonds. The third kappa shape index (κ3) is 4.20. The average molecular weight is 345 g/mol. The number of ether oxygens (including phenoxy) is 1. The minimum atomic E-state index is 0.310. The first-order chi connectivity index (χ1) is 12.3. The summed E-state index contributed by atoms with van der Waals surface area (Å²) >= 11 is 0.